The van der Waals surface area contributed by atoms with E-state index in [2.05, 4.69) is 0 Å². The number of hydrogen-bond acceptors (Lipinski definition) is 7. The summed E-state index contributed by atoms with van der Waals surface area (Å²) in [6.45, 7) is 2.59. The summed E-state index contributed by atoms with van der Waals surface area (Å²) in [6, 6.07) is 12.4. The number of hydrogen-bond donors (Lipinski definition) is 2. The molecule has 1 unspecified atom stereocenters. The Bertz CT molecular complexity index is 1270. The van der Waals surface area contributed by atoms with Gasteiger partial charge in [0, 0.05) is 23.5 Å². The van der Waals surface area contributed by atoms with Crippen molar-refractivity contribution in [3.05, 3.63) is 76.2 Å². The summed E-state index contributed by atoms with van der Waals surface area (Å²) in [4.78, 5) is 24.7. The number of alkyl halides is 3. The van der Waals surface area contributed by atoms with E-state index in [4.69, 9.17) is 15.0 Å². The van der Waals surface area contributed by atoms with Gasteiger partial charge < -0.3 is 10.2 Å². The number of aliphatic hydroxyl groups is 1. The van der Waals surface area contributed by atoms with Crippen LogP contribution in [0.2, 0.25) is 0 Å². The van der Waals surface area contributed by atoms with E-state index in [1.165, 1.54) is 36.5 Å². The van der Waals surface area contributed by atoms with Gasteiger partial charge in [0.05, 0.1) is 23.4 Å². The van der Waals surface area contributed by atoms with Crippen molar-refractivity contribution in [3.8, 4) is 10.4 Å². The average molecular weight is 535 g/mol. The van der Waals surface area contributed by atoms with E-state index >= 15 is 0 Å². The number of carboxylic acid groups (broad SMARTS) is 1. The number of aliphatic hydroxyl groups excluding tert-OH is 1. The highest BCUT2D eigenvalue weighted by Gasteiger charge is 2.46. The Labute approximate surface area is 215 Å². The van der Waals surface area contributed by atoms with Crippen molar-refractivity contribution >= 4 is 23.0 Å². The highest BCUT2D eigenvalue weighted by molar-refractivity contribution is 7.13. The number of aryl methyl sites for hydroxylation is 1. The summed E-state index contributed by atoms with van der Waals surface area (Å²) in [7, 11) is 0. The number of piperidine rings is 1. The topological polar surface area (TPSA) is 82.5 Å². The molecule has 0 bridgehead atoms. The van der Waals surface area contributed by atoms with Crippen LogP contribution in [-0.2, 0) is 16.1 Å². The van der Waals surface area contributed by atoms with Crippen LogP contribution < -0.4 is 5.06 Å². The van der Waals surface area contributed by atoms with Gasteiger partial charge in [-0.15, -0.1) is 16.3 Å². The van der Waals surface area contributed by atoms with Gasteiger partial charge in [0.15, 0.2) is 0 Å². The van der Waals surface area contributed by atoms with Crippen LogP contribution in [0.25, 0.3) is 10.4 Å². The third kappa shape index (κ3) is 5.10. The second-order valence-electron chi connectivity index (χ2n) is 9.37. The van der Waals surface area contributed by atoms with Gasteiger partial charge in [0.1, 0.15) is 11.8 Å². The number of anilines is 1. The van der Waals surface area contributed by atoms with Gasteiger partial charge in [-0.3, -0.25) is 4.90 Å². The van der Waals surface area contributed by atoms with E-state index in [9.17, 15) is 23.1 Å². The molecule has 0 aliphatic carbocycles. The number of halogens is 3. The Morgan fingerprint density at radius 1 is 1.14 bits per heavy atom. The van der Waals surface area contributed by atoms with Crippen molar-refractivity contribution in [2.45, 2.75) is 37.8 Å². The molecule has 7 nitrogen and oxygen atoms in total. The first-order valence-corrected chi connectivity index (χ1v) is 12.6. The van der Waals surface area contributed by atoms with Crippen molar-refractivity contribution in [2.24, 2.45) is 0 Å². The van der Waals surface area contributed by atoms with Gasteiger partial charge in [0.25, 0.3) is 0 Å². The maximum Gasteiger partial charge on any atom is 0.416 e. The maximum absolute atomic E-state index is 13.7. The molecular formula is C26H25F3N2O5S. The highest BCUT2D eigenvalue weighted by atomic mass is 32.1. The average Bonchev–Trinajstić information content (AvgIpc) is 3.54. The molecule has 2 aliphatic heterocycles. The predicted octanol–water partition coefficient (Wildman–Crippen LogP) is 5.65. The standard InChI is InChI=1S/C26H25F3N2O5S/c1-16-13-19(22-3-2-12-37-22)20(14-21(16)26(27,28)29)23(32)30-10-8-25(9-11-30)15-31(36-35-25)18-6-4-17(5-7-18)24(33)34/h2-7,12-14,23,32H,8-11,15H2,1H3,(H,33,34). The Hall–Kier alpha value is -2.96. The normalized spacial score (nSPS) is 18.9. The van der Waals surface area contributed by atoms with Crippen LogP contribution in [0, 0.1) is 6.92 Å². The van der Waals surface area contributed by atoms with Gasteiger partial charge in [-0.05, 0) is 78.7 Å². The molecule has 196 valence electrons. The van der Waals surface area contributed by atoms with Crippen molar-refractivity contribution in [1.29, 1.82) is 0 Å². The lowest BCUT2D eigenvalue weighted by molar-refractivity contribution is -0.323. The van der Waals surface area contributed by atoms with Gasteiger partial charge in [0.2, 0.25) is 0 Å². The molecule has 11 heteroatoms. The van der Waals surface area contributed by atoms with E-state index in [1.54, 1.807) is 22.1 Å². The largest absolute Gasteiger partial charge is 0.478 e. The molecular weight excluding hydrogens is 509 g/mol. The fourth-order valence-corrected chi connectivity index (χ4v) is 5.61. The zero-order chi connectivity index (χ0) is 26.4. The SMILES string of the molecule is Cc1cc(-c2cccs2)c(C(O)N2CCC3(CC2)CN(c2ccc(C(=O)O)cc2)OO3)cc1C(F)(F)F. The number of carbonyl (C=O) groups is 1. The number of aromatic carboxylic acids is 1. The summed E-state index contributed by atoms with van der Waals surface area (Å²) >= 11 is 1.41. The molecule has 5 rings (SSSR count). The van der Waals surface area contributed by atoms with E-state index < -0.39 is 29.5 Å². The molecule has 3 heterocycles. The van der Waals surface area contributed by atoms with E-state index in [1.807, 2.05) is 17.5 Å². The molecule has 2 N–H and O–H groups in total. The summed E-state index contributed by atoms with van der Waals surface area (Å²) in [5, 5.41) is 23.7. The molecule has 0 saturated carbocycles. The number of thiophene rings is 1. The number of likely N-dealkylation sites (tertiary alicyclic amines) is 1. The number of nitrogens with zero attached hydrogens (tertiary/aromatic N) is 2. The lowest BCUT2D eigenvalue weighted by Gasteiger charge is -2.39. The molecule has 1 spiro atoms. The maximum atomic E-state index is 13.7. The first-order valence-electron chi connectivity index (χ1n) is 11.7. The monoisotopic (exact) mass is 534 g/mol. The smallest absolute Gasteiger partial charge is 0.416 e. The predicted molar refractivity (Wildman–Crippen MR) is 131 cm³/mol. The highest BCUT2D eigenvalue weighted by Crippen LogP contribution is 2.42. The van der Waals surface area contributed by atoms with Gasteiger partial charge in [-0.1, -0.05) is 6.07 Å². The second kappa shape index (κ2) is 9.73. The van der Waals surface area contributed by atoms with Crippen LogP contribution in [-0.4, -0.2) is 46.3 Å². The number of benzene rings is 2. The first-order chi connectivity index (χ1) is 17.6. The quantitative estimate of drug-likeness (QED) is 0.410. The molecule has 1 aromatic heterocycles. The number of hydroxylamine groups is 1. The van der Waals surface area contributed by atoms with E-state index in [0.29, 0.717) is 43.7 Å². The van der Waals surface area contributed by atoms with Gasteiger partial charge >= 0.3 is 12.1 Å². The Morgan fingerprint density at radius 3 is 2.43 bits per heavy atom. The van der Waals surface area contributed by atoms with Gasteiger partial charge in [-0.25, -0.2) is 14.7 Å². The minimum absolute atomic E-state index is 0.109. The van der Waals surface area contributed by atoms with Crippen molar-refractivity contribution in [2.75, 3.05) is 24.7 Å². The third-order valence-corrected chi connectivity index (χ3v) is 7.86. The molecule has 2 aliphatic rings. The van der Waals surface area contributed by atoms with E-state index in [-0.39, 0.29) is 16.7 Å². The molecule has 0 radical (unpaired) electrons. The molecule has 2 fully saturated rings. The van der Waals surface area contributed by atoms with Crippen LogP contribution in [0.5, 0.6) is 0 Å². The Balaban J connectivity index is 1.32. The van der Waals surface area contributed by atoms with Crippen LogP contribution in [0.15, 0.2) is 53.9 Å². The second-order valence-corrected chi connectivity index (χ2v) is 10.3. The van der Waals surface area contributed by atoms with Crippen LogP contribution in [0.3, 0.4) is 0 Å². The minimum atomic E-state index is -4.53. The molecule has 37 heavy (non-hydrogen) atoms. The molecule has 2 saturated heterocycles. The summed E-state index contributed by atoms with van der Waals surface area (Å²) in [5.41, 5.74) is 0.314. The summed E-state index contributed by atoms with van der Waals surface area (Å²) in [6.07, 6.45) is -4.78. The minimum Gasteiger partial charge on any atom is -0.478 e. The lowest BCUT2D eigenvalue weighted by atomic mass is 9.89. The zero-order valence-corrected chi connectivity index (χ0v) is 20.7. The fourth-order valence-electron chi connectivity index (χ4n) is 4.85. The van der Waals surface area contributed by atoms with Gasteiger partial charge in [-0.2, -0.15) is 13.2 Å². The molecule has 3 aromatic rings. The van der Waals surface area contributed by atoms with Crippen LogP contribution in [0.1, 0.15) is 46.1 Å². The summed E-state index contributed by atoms with van der Waals surface area (Å²) < 4.78 is 41.1. The summed E-state index contributed by atoms with van der Waals surface area (Å²) in [5.74, 6) is -1.02. The van der Waals surface area contributed by atoms with Crippen molar-refractivity contribution < 1.29 is 38.1 Å². The number of rotatable bonds is 5. The Kier molecular flexibility index (Phi) is 6.75. The zero-order valence-electron chi connectivity index (χ0n) is 19.9. The third-order valence-electron chi connectivity index (χ3n) is 6.96. The Morgan fingerprint density at radius 2 is 1.84 bits per heavy atom. The first kappa shape index (κ1) is 25.7. The molecule has 0 amide bonds. The fraction of sp³-hybridized carbons (Fsp3) is 0.346. The van der Waals surface area contributed by atoms with Crippen LogP contribution >= 0.6 is 11.3 Å². The van der Waals surface area contributed by atoms with Crippen LogP contribution in [0.4, 0.5) is 18.9 Å². The lowest BCUT2D eigenvalue weighted by Crippen LogP contribution is -2.48. The molecule has 2 aromatic carbocycles. The van der Waals surface area contributed by atoms with Crippen molar-refractivity contribution in [3.63, 3.8) is 0 Å². The van der Waals surface area contributed by atoms with Crippen molar-refractivity contribution in [1.82, 2.24) is 4.90 Å². The van der Waals surface area contributed by atoms with E-state index in [0.717, 1.165) is 10.9 Å². The molecule has 1 atom stereocenters. The number of carboxylic acids is 1.